The predicted octanol–water partition coefficient (Wildman–Crippen LogP) is 5.22. The van der Waals surface area contributed by atoms with E-state index in [0.29, 0.717) is 18.1 Å². The fourth-order valence-corrected chi connectivity index (χ4v) is 6.87. The van der Waals surface area contributed by atoms with E-state index in [4.69, 9.17) is 16.3 Å². The molecule has 0 spiro atoms. The van der Waals surface area contributed by atoms with Gasteiger partial charge in [-0.2, -0.15) is 0 Å². The Hall–Kier alpha value is -3.57. The number of fused-ring (bicyclic) bond motifs is 1. The molecule has 4 atom stereocenters. The molecule has 12 heteroatoms. The van der Waals surface area contributed by atoms with Crippen LogP contribution in [0.4, 0.5) is 20.4 Å². The van der Waals surface area contributed by atoms with Crippen molar-refractivity contribution in [2.45, 2.75) is 37.1 Å². The number of hydrogen-bond acceptors (Lipinski definition) is 7. The lowest BCUT2D eigenvalue weighted by Crippen LogP contribution is -2.40. The van der Waals surface area contributed by atoms with E-state index in [-0.39, 0.29) is 39.7 Å². The van der Waals surface area contributed by atoms with Crippen molar-refractivity contribution in [1.29, 1.82) is 0 Å². The predicted molar refractivity (Wildman–Crippen MR) is 147 cm³/mol. The van der Waals surface area contributed by atoms with Gasteiger partial charge in [-0.25, -0.2) is 31.5 Å². The van der Waals surface area contributed by atoms with Gasteiger partial charge in [0.15, 0.2) is 11.6 Å². The van der Waals surface area contributed by atoms with Crippen molar-refractivity contribution in [2.75, 3.05) is 23.3 Å². The average molecular weight is 589 g/mol. The van der Waals surface area contributed by atoms with Gasteiger partial charge in [0.25, 0.3) is 10.0 Å². The number of carbonyl (C=O) groups is 1. The molecule has 0 fully saturated rings. The van der Waals surface area contributed by atoms with Crippen molar-refractivity contribution < 1.29 is 26.7 Å². The normalized spacial score (nSPS) is 22.2. The standard InChI is InChI=1S/C28H27ClF2N4O4S/c1-15-7-9-18(10-8-15)40(37,38)35-14-20(19-11-17(29)13-32-27(19)35)25-21(30)12-22(31)26(34-25)33-23-6-4-5-16(2)24(23)28(36)39-3/h4,6-13,16,20,23-24H,5,14H2,1-3H3,(H,33,34)/t16?,20?,23-,24-/m0/s1. The van der Waals surface area contributed by atoms with Crippen LogP contribution in [-0.2, 0) is 19.6 Å². The summed E-state index contributed by atoms with van der Waals surface area (Å²) in [6.45, 7) is 3.50. The number of methoxy groups -OCH3 is 1. The smallest absolute Gasteiger partial charge is 0.311 e. The van der Waals surface area contributed by atoms with Crippen LogP contribution in [0.2, 0.25) is 5.02 Å². The molecule has 5 rings (SSSR count). The first-order valence-electron chi connectivity index (χ1n) is 12.6. The third-order valence-corrected chi connectivity index (χ3v) is 9.32. The summed E-state index contributed by atoms with van der Waals surface area (Å²) < 4.78 is 63.6. The highest BCUT2D eigenvalue weighted by Gasteiger charge is 2.41. The summed E-state index contributed by atoms with van der Waals surface area (Å²) in [4.78, 5) is 21.1. The van der Waals surface area contributed by atoms with E-state index in [2.05, 4.69) is 15.3 Å². The molecule has 0 bridgehead atoms. The number of esters is 1. The van der Waals surface area contributed by atoms with E-state index in [1.807, 2.05) is 19.9 Å². The van der Waals surface area contributed by atoms with Gasteiger partial charge in [-0.15, -0.1) is 0 Å². The molecule has 0 radical (unpaired) electrons. The number of anilines is 2. The molecule has 1 N–H and O–H groups in total. The van der Waals surface area contributed by atoms with E-state index in [1.165, 1.54) is 31.5 Å². The van der Waals surface area contributed by atoms with Crippen molar-refractivity contribution >= 4 is 39.2 Å². The van der Waals surface area contributed by atoms with Gasteiger partial charge in [0, 0.05) is 24.4 Å². The molecule has 3 heterocycles. The molecular formula is C28H27ClF2N4O4S. The first-order valence-corrected chi connectivity index (χ1v) is 14.4. The average Bonchev–Trinajstić information content (AvgIpc) is 3.29. The second-order valence-electron chi connectivity index (χ2n) is 10.0. The summed E-state index contributed by atoms with van der Waals surface area (Å²) in [5.74, 6) is -4.19. The number of carbonyl (C=O) groups excluding carboxylic acids is 1. The molecule has 3 aromatic rings. The third-order valence-electron chi connectivity index (χ3n) is 7.35. The Morgan fingerprint density at radius 1 is 1.18 bits per heavy atom. The molecule has 0 amide bonds. The lowest BCUT2D eigenvalue weighted by atomic mass is 9.81. The van der Waals surface area contributed by atoms with Crippen LogP contribution in [0.5, 0.6) is 0 Å². The number of nitrogens with zero attached hydrogens (tertiary/aromatic N) is 3. The van der Waals surface area contributed by atoms with Crippen LogP contribution in [0, 0.1) is 30.4 Å². The summed E-state index contributed by atoms with van der Waals surface area (Å²) in [5.41, 5.74) is 1.04. The Kier molecular flexibility index (Phi) is 7.54. The number of rotatable bonds is 6. The first kappa shape index (κ1) is 28.0. The lowest BCUT2D eigenvalue weighted by molar-refractivity contribution is -0.147. The number of nitrogens with one attached hydrogen (secondary N) is 1. The summed E-state index contributed by atoms with van der Waals surface area (Å²) in [7, 11) is -2.79. The van der Waals surface area contributed by atoms with Crippen molar-refractivity contribution in [3.05, 3.63) is 88.2 Å². The third kappa shape index (κ3) is 5.03. The minimum atomic E-state index is -4.08. The molecule has 8 nitrogen and oxygen atoms in total. The van der Waals surface area contributed by atoms with E-state index in [0.717, 1.165) is 9.87 Å². The van der Waals surface area contributed by atoms with Crippen molar-refractivity contribution in [1.82, 2.24) is 9.97 Å². The van der Waals surface area contributed by atoms with Crippen LogP contribution < -0.4 is 9.62 Å². The molecule has 1 aliphatic carbocycles. The number of halogens is 3. The van der Waals surface area contributed by atoms with Gasteiger partial charge in [0.05, 0.1) is 40.6 Å². The second kappa shape index (κ2) is 10.8. The molecule has 0 saturated carbocycles. The quantitative estimate of drug-likeness (QED) is 0.311. The SMILES string of the molecule is COC(=O)[C@H]1C(C)CC=C[C@@H]1Nc1nc(C2CN(S(=O)(=O)c3ccc(C)cc3)c3ncc(Cl)cc32)c(F)cc1F. The molecule has 40 heavy (non-hydrogen) atoms. The molecule has 2 unspecified atom stereocenters. The highest BCUT2D eigenvalue weighted by molar-refractivity contribution is 7.92. The fourth-order valence-electron chi connectivity index (χ4n) is 5.24. The fraction of sp³-hybridized carbons (Fsp3) is 0.321. The number of ether oxygens (including phenoxy) is 1. The monoisotopic (exact) mass is 588 g/mol. The maximum absolute atomic E-state index is 15.3. The molecular weight excluding hydrogens is 562 g/mol. The van der Waals surface area contributed by atoms with Crippen LogP contribution in [0.1, 0.15) is 36.1 Å². The number of aromatic nitrogens is 2. The van der Waals surface area contributed by atoms with Gasteiger partial charge >= 0.3 is 5.97 Å². The van der Waals surface area contributed by atoms with Crippen molar-refractivity contribution in [3.63, 3.8) is 0 Å². The van der Waals surface area contributed by atoms with Gasteiger partial charge in [-0.1, -0.05) is 48.4 Å². The van der Waals surface area contributed by atoms with Crippen LogP contribution in [0.3, 0.4) is 0 Å². The van der Waals surface area contributed by atoms with Gasteiger partial charge in [0.1, 0.15) is 11.6 Å². The largest absolute Gasteiger partial charge is 0.469 e. The highest BCUT2D eigenvalue weighted by atomic mass is 35.5. The highest BCUT2D eigenvalue weighted by Crippen LogP contribution is 2.43. The number of sulfonamides is 1. The van der Waals surface area contributed by atoms with E-state index < -0.39 is 45.5 Å². The van der Waals surface area contributed by atoms with E-state index in [9.17, 15) is 13.2 Å². The molecule has 1 aromatic carbocycles. The van der Waals surface area contributed by atoms with E-state index >= 15 is 8.78 Å². The van der Waals surface area contributed by atoms with Gasteiger partial charge < -0.3 is 10.1 Å². The molecule has 2 aliphatic rings. The van der Waals surface area contributed by atoms with Crippen molar-refractivity contribution in [3.8, 4) is 0 Å². The summed E-state index contributed by atoms with van der Waals surface area (Å²) in [6.07, 6.45) is 5.56. The zero-order valence-corrected chi connectivity index (χ0v) is 23.5. The lowest BCUT2D eigenvalue weighted by Gasteiger charge is -2.31. The number of pyridine rings is 2. The Balaban J connectivity index is 1.55. The minimum Gasteiger partial charge on any atom is -0.469 e. The van der Waals surface area contributed by atoms with Crippen LogP contribution in [0.25, 0.3) is 0 Å². The number of aryl methyl sites for hydroxylation is 1. The van der Waals surface area contributed by atoms with Gasteiger partial charge in [-0.05, 0) is 37.5 Å². The summed E-state index contributed by atoms with van der Waals surface area (Å²) in [6, 6.07) is 7.89. The topological polar surface area (TPSA) is 101 Å². The Morgan fingerprint density at radius 2 is 1.90 bits per heavy atom. The summed E-state index contributed by atoms with van der Waals surface area (Å²) >= 11 is 6.20. The van der Waals surface area contributed by atoms with Crippen LogP contribution >= 0.6 is 11.6 Å². The number of allylic oxidation sites excluding steroid dienone is 1. The molecule has 210 valence electrons. The van der Waals surface area contributed by atoms with Crippen LogP contribution in [0.15, 0.2) is 59.6 Å². The Morgan fingerprint density at radius 3 is 2.60 bits per heavy atom. The first-order chi connectivity index (χ1) is 19.0. The molecule has 1 aliphatic heterocycles. The van der Waals surface area contributed by atoms with Crippen LogP contribution in [-0.4, -0.2) is 44.1 Å². The molecule has 0 saturated heterocycles. The molecule has 2 aromatic heterocycles. The van der Waals surface area contributed by atoms with Gasteiger partial charge in [-0.3, -0.25) is 4.79 Å². The van der Waals surface area contributed by atoms with Crippen molar-refractivity contribution in [2.24, 2.45) is 11.8 Å². The maximum Gasteiger partial charge on any atom is 0.311 e. The van der Waals surface area contributed by atoms with Gasteiger partial charge in [0.2, 0.25) is 0 Å². The zero-order chi connectivity index (χ0) is 28.8. The Bertz CT molecular complexity index is 1600. The zero-order valence-electron chi connectivity index (χ0n) is 21.9. The van der Waals surface area contributed by atoms with E-state index in [1.54, 1.807) is 18.2 Å². The number of benzene rings is 1. The Labute approximate surface area is 236 Å². The number of hydrogen-bond donors (Lipinski definition) is 1. The minimum absolute atomic E-state index is 0.0448. The maximum atomic E-state index is 15.3. The summed E-state index contributed by atoms with van der Waals surface area (Å²) in [5, 5.41) is 3.15. The second-order valence-corrected chi connectivity index (χ2v) is 12.3.